The number of rotatable bonds is 4. The van der Waals surface area contributed by atoms with Gasteiger partial charge in [-0.25, -0.2) is 4.98 Å². The van der Waals surface area contributed by atoms with Crippen LogP contribution in [0, 0.1) is 10.1 Å². The molecule has 0 unspecified atom stereocenters. The van der Waals surface area contributed by atoms with Gasteiger partial charge in [-0.1, -0.05) is 91.0 Å². The molecule has 0 amide bonds. The van der Waals surface area contributed by atoms with Gasteiger partial charge in [0.2, 0.25) is 0 Å². The summed E-state index contributed by atoms with van der Waals surface area (Å²) in [6.07, 6.45) is 1.73. The number of pyridine rings is 1. The van der Waals surface area contributed by atoms with Gasteiger partial charge in [-0.05, 0) is 11.1 Å². The molecule has 0 aliphatic heterocycles. The van der Waals surface area contributed by atoms with E-state index in [4.69, 9.17) is 0 Å². The first-order chi connectivity index (χ1) is 13.3. The van der Waals surface area contributed by atoms with Gasteiger partial charge >= 0.3 is 5.69 Å². The van der Waals surface area contributed by atoms with Crippen molar-refractivity contribution in [2.45, 2.75) is 0 Å². The fourth-order valence-corrected chi connectivity index (χ4v) is 3.22. The Morgan fingerprint density at radius 2 is 1.15 bits per heavy atom. The average Bonchev–Trinajstić information content (AvgIpc) is 2.74. The summed E-state index contributed by atoms with van der Waals surface area (Å²) >= 11 is 0. The minimum atomic E-state index is -0.329. The van der Waals surface area contributed by atoms with E-state index >= 15 is 0 Å². The van der Waals surface area contributed by atoms with E-state index in [1.54, 1.807) is 6.20 Å². The Morgan fingerprint density at radius 1 is 0.667 bits per heavy atom. The van der Waals surface area contributed by atoms with Crippen molar-refractivity contribution in [3.63, 3.8) is 0 Å². The molecule has 4 rings (SSSR count). The molecule has 0 saturated heterocycles. The second kappa shape index (κ2) is 7.22. The lowest BCUT2D eigenvalue weighted by Gasteiger charge is -2.13. The Labute approximate surface area is 156 Å². The van der Waals surface area contributed by atoms with E-state index in [0.717, 1.165) is 22.3 Å². The smallest absolute Gasteiger partial charge is 0.258 e. The summed E-state index contributed by atoms with van der Waals surface area (Å²) in [7, 11) is 0. The van der Waals surface area contributed by atoms with Crippen molar-refractivity contribution in [3.8, 4) is 33.5 Å². The fraction of sp³-hybridized carbons (Fsp3) is 0. The van der Waals surface area contributed by atoms with E-state index in [1.165, 1.54) is 0 Å². The molecule has 27 heavy (non-hydrogen) atoms. The molecule has 1 aromatic heterocycles. The molecule has 0 spiro atoms. The van der Waals surface area contributed by atoms with Gasteiger partial charge in [-0.3, -0.25) is 10.1 Å². The standard InChI is InChI=1S/C23H16N2O2/c26-25(27)23-21(18-12-6-2-7-13-18)20(17-10-4-1-5-11-17)16-24-22(23)19-14-8-3-9-15-19/h1-16H. The molecule has 0 fully saturated rings. The van der Waals surface area contributed by atoms with E-state index in [0.29, 0.717) is 11.3 Å². The third-order valence-corrected chi connectivity index (χ3v) is 4.43. The summed E-state index contributed by atoms with van der Waals surface area (Å²) < 4.78 is 0. The predicted octanol–water partition coefficient (Wildman–Crippen LogP) is 5.99. The highest BCUT2D eigenvalue weighted by atomic mass is 16.6. The summed E-state index contributed by atoms with van der Waals surface area (Å²) in [5, 5.41) is 12.1. The Bertz CT molecular complexity index is 1080. The Morgan fingerprint density at radius 3 is 1.67 bits per heavy atom. The molecule has 4 nitrogen and oxygen atoms in total. The lowest BCUT2D eigenvalue weighted by molar-refractivity contribution is -0.383. The van der Waals surface area contributed by atoms with Crippen LogP contribution in [0.4, 0.5) is 5.69 Å². The number of nitrogens with zero attached hydrogens (tertiary/aromatic N) is 2. The highest BCUT2D eigenvalue weighted by Gasteiger charge is 2.27. The number of hydrogen-bond donors (Lipinski definition) is 0. The van der Waals surface area contributed by atoms with Crippen LogP contribution in [0.3, 0.4) is 0 Å². The number of aromatic nitrogens is 1. The van der Waals surface area contributed by atoms with Crippen molar-refractivity contribution >= 4 is 5.69 Å². The van der Waals surface area contributed by atoms with Crippen molar-refractivity contribution in [2.24, 2.45) is 0 Å². The van der Waals surface area contributed by atoms with Crippen molar-refractivity contribution in [1.29, 1.82) is 0 Å². The largest absolute Gasteiger partial charge is 0.303 e. The minimum absolute atomic E-state index is 0.0220. The van der Waals surface area contributed by atoms with Gasteiger partial charge in [-0.2, -0.15) is 0 Å². The molecule has 0 radical (unpaired) electrons. The average molecular weight is 352 g/mol. The Hall–Kier alpha value is -3.79. The van der Waals surface area contributed by atoms with E-state index in [-0.39, 0.29) is 10.6 Å². The molecule has 1 heterocycles. The van der Waals surface area contributed by atoms with Crippen molar-refractivity contribution < 1.29 is 4.92 Å². The first-order valence-corrected chi connectivity index (χ1v) is 8.59. The van der Waals surface area contributed by atoms with Gasteiger partial charge in [-0.15, -0.1) is 0 Å². The van der Waals surface area contributed by atoms with Gasteiger partial charge < -0.3 is 0 Å². The molecular formula is C23H16N2O2. The van der Waals surface area contributed by atoms with Gasteiger partial charge in [0.1, 0.15) is 5.69 Å². The molecule has 0 saturated carbocycles. The van der Waals surface area contributed by atoms with Crippen molar-refractivity contribution in [3.05, 3.63) is 107 Å². The summed E-state index contributed by atoms with van der Waals surface area (Å²) in [6, 6.07) is 28.4. The zero-order valence-electron chi connectivity index (χ0n) is 14.4. The van der Waals surface area contributed by atoms with Crippen LogP contribution < -0.4 is 0 Å². The summed E-state index contributed by atoms with van der Waals surface area (Å²) in [5.41, 5.74) is 4.14. The van der Waals surface area contributed by atoms with Gasteiger partial charge in [0.15, 0.2) is 0 Å². The lowest BCUT2D eigenvalue weighted by Crippen LogP contribution is -2.00. The Balaban J connectivity index is 2.08. The summed E-state index contributed by atoms with van der Waals surface area (Å²) in [6.45, 7) is 0. The van der Waals surface area contributed by atoms with Gasteiger partial charge in [0.25, 0.3) is 0 Å². The van der Waals surface area contributed by atoms with Crippen molar-refractivity contribution in [1.82, 2.24) is 4.98 Å². The van der Waals surface area contributed by atoms with Crippen LogP contribution in [0.5, 0.6) is 0 Å². The molecule has 0 aliphatic carbocycles. The second-order valence-corrected chi connectivity index (χ2v) is 6.10. The van der Waals surface area contributed by atoms with Crippen LogP contribution in [-0.4, -0.2) is 9.91 Å². The topological polar surface area (TPSA) is 56.0 Å². The molecule has 4 aromatic rings. The van der Waals surface area contributed by atoms with Gasteiger partial charge in [0.05, 0.1) is 10.5 Å². The first kappa shape index (κ1) is 16.7. The predicted molar refractivity (Wildman–Crippen MR) is 107 cm³/mol. The van der Waals surface area contributed by atoms with Crippen LogP contribution in [0.1, 0.15) is 0 Å². The van der Waals surface area contributed by atoms with E-state index in [2.05, 4.69) is 4.98 Å². The molecule has 3 aromatic carbocycles. The maximum Gasteiger partial charge on any atom is 0.303 e. The third kappa shape index (κ3) is 3.20. The van der Waals surface area contributed by atoms with Crippen LogP contribution in [-0.2, 0) is 0 Å². The molecule has 0 N–H and O–H groups in total. The second-order valence-electron chi connectivity index (χ2n) is 6.10. The molecular weight excluding hydrogens is 336 g/mol. The number of hydrogen-bond acceptors (Lipinski definition) is 3. The zero-order valence-corrected chi connectivity index (χ0v) is 14.4. The molecule has 0 aliphatic rings. The maximum atomic E-state index is 12.1. The molecule has 4 heteroatoms. The summed E-state index contributed by atoms with van der Waals surface area (Å²) in [4.78, 5) is 16.3. The lowest BCUT2D eigenvalue weighted by atomic mass is 9.92. The fourth-order valence-electron chi connectivity index (χ4n) is 3.22. The van der Waals surface area contributed by atoms with E-state index in [1.807, 2.05) is 91.0 Å². The van der Waals surface area contributed by atoms with Crippen LogP contribution in [0.25, 0.3) is 33.5 Å². The van der Waals surface area contributed by atoms with E-state index in [9.17, 15) is 10.1 Å². The van der Waals surface area contributed by atoms with E-state index < -0.39 is 0 Å². The molecule has 130 valence electrons. The Kier molecular flexibility index (Phi) is 4.45. The number of nitro groups is 1. The maximum absolute atomic E-state index is 12.1. The van der Waals surface area contributed by atoms with Crippen LogP contribution >= 0.6 is 0 Å². The zero-order chi connectivity index (χ0) is 18.6. The monoisotopic (exact) mass is 352 g/mol. The highest BCUT2D eigenvalue weighted by Crippen LogP contribution is 2.43. The van der Waals surface area contributed by atoms with Crippen molar-refractivity contribution in [2.75, 3.05) is 0 Å². The minimum Gasteiger partial charge on any atom is -0.258 e. The third-order valence-electron chi connectivity index (χ3n) is 4.43. The van der Waals surface area contributed by atoms with Crippen LogP contribution in [0.2, 0.25) is 0 Å². The van der Waals surface area contributed by atoms with Gasteiger partial charge in [0, 0.05) is 17.3 Å². The quantitative estimate of drug-likeness (QED) is 0.335. The summed E-state index contributed by atoms with van der Waals surface area (Å²) in [5.74, 6) is 0. The number of benzene rings is 3. The SMILES string of the molecule is O=[N+]([O-])c1c(-c2ccccc2)ncc(-c2ccccc2)c1-c1ccccc1. The molecule has 0 atom stereocenters. The molecule has 0 bridgehead atoms. The first-order valence-electron chi connectivity index (χ1n) is 8.59. The highest BCUT2D eigenvalue weighted by molar-refractivity contribution is 5.94. The van der Waals surface area contributed by atoms with Crippen LogP contribution in [0.15, 0.2) is 97.2 Å². The normalized spacial score (nSPS) is 10.5.